The Morgan fingerprint density at radius 3 is 2.74 bits per heavy atom. The minimum Gasteiger partial charge on any atom is -0.504 e. The number of nitrogen functional groups attached to an aromatic ring is 1. The number of nitrogens with zero attached hydrogens (tertiary/aromatic N) is 4. The molecule has 0 saturated carbocycles. The van der Waals surface area contributed by atoms with E-state index in [1.165, 1.54) is 18.0 Å². The van der Waals surface area contributed by atoms with Crippen molar-refractivity contribution in [3.05, 3.63) is 30.1 Å². The maximum Gasteiger partial charge on any atom is 0.226 e. The number of methoxy groups -OCH3 is 1. The van der Waals surface area contributed by atoms with E-state index >= 15 is 0 Å². The first-order valence-electron chi connectivity index (χ1n) is 9.65. The molecule has 3 heterocycles. The van der Waals surface area contributed by atoms with Crippen LogP contribution in [-0.4, -0.2) is 78.5 Å². The number of rotatable bonds is 7. The quantitative estimate of drug-likeness (QED) is 0.280. The number of hydrogen-bond donors (Lipinski definition) is 6. The van der Waals surface area contributed by atoms with Gasteiger partial charge < -0.3 is 41.0 Å². The summed E-state index contributed by atoms with van der Waals surface area (Å²) in [4.78, 5) is 12.8. The van der Waals surface area contributed by atoms with Gasteiger partial charge in [0.15, 0.2) is 29.2 Å². The van der Waals surface area contributed by atoms with Crippen molar-refractivity contribution < 1.29 is 29.9 Å². The van der Waals surface area contributed by atoms with E-state index in [4.69, 9.17) is 15.2 Å². The third kappa shape index (κ3) is 3.93. The Morgan fingerprint density at radius 1 is 1.26 bits per heavy atom. The monoisotopic (exact) mass is 432 g/mol. The zero-order valence-electron chi connectivity index (χ0n) is 16.7. The summed E-state index contributed by atoms with van der Waals surface area (Å²) in [6, 6.07) is 5.15. The van der Waals surface area contributed by atoms with Gasteiger partial charge in [-0.05, 0) is 24.1 Å². The predicted octanol–water partition coefficient (Wildman–Crippen LogP) is -0.611. The first-order chi connectivity index (χ1) is 14.9. The summed E-state index contributed by atoms with van der Waals surface area (Å²) in [5, 5.41) is 42.6. The normalized spacial score (nSPS) is 23.4. The molecule has 0 bridgehead atoms. The zero-order valence-corrected chi connectivity index (χ0v) is 16.7. The van der Waals surface area contributed by atoms with Crippen molar-refractivity contribution in [1.29, 1.82) is 0 Å². The maximum absolute atomic E-state index is 10.3. The largest absolute Gasteiger partial charge is 0.504 e. The van der Waals surface area contributed by atoms with E-state index in [1.54, 1.807) is 12.1 Å². The molecule has 0 spiro atoms. The Labute approximate surface area is 176 Å². The predicted molar refractivity (Wildman–Crippen MR) is 110 cm³/mol. The van der Waals surface area contributed by atoms with Gasteiger partial charge in [-0.2, -0.15) is 9.97 Å². The molecule has 0 radical (unpaired) electrons. The third-order valence-electron chi connectivity index (χ3n) is 5.18. The van der Waals surface area contributed by atoms with Crippen LogP contribution in [0.4, 0.5) is 11.8 Å². The molecule has 166 valence electrons. The van der Waals surface area contributed by atoms with Crippen molar-refractivity contribution in [1.82, 2.24) is 19.5 Å². The van der Waals surface area contributed by atoms with Crippen LogP contribution in [0.1, 0.15) is 11.8 Å². The molecule has 7 N–H and O–H groups in total. The number of benzene rings is 1. The van der Waals surface area contributed by atoms with E-state index in [-0.39, 0.29) is 17.5 Å². The van der Waals surface area contributed by atoms with Gasteiger partial charge in [0, 0.05) is 6.54 Å². The molecular formula is C19H24N6O6. The molecule has 1 fully saturated rings. The molecule has 31 heavy (non-hydrogen) atoms. The average molecular weight is 432 g/mol. The number of aliphatic hydroxyl groups excluding tert-OH is 3. The lowest BCUT2D eigenvalue weighted by molar-refractivity contribution is -0.0511. The van der Waals surface area contributed by atoms with Gasteiger partial charge in [-0.25, -0.2) is 4.98 Å². The molecular weight excluding hydrogens is 408 g/mol. The SMILES string of the molecule is COc1ccc(CCNc2nc(N)c3ncn([C@@H]4O[C@H](CO)[C@@H](O)[C@H]4O)c3n2)cc1O. The smallest absolute Gasteiger partial charge is 0.226 e. The third-order valence-corrected chi connectivity index (χ3v) is 5.18. The first kappa shape index (κ1) is 21.1. The second kappa shape index (κ2) is 8.51. The molecule has 4 atom stereocenters. The Balaban J connectivity index is 1.52. The molecule has 12 nitrogen and oxygen atoms in total. The Kier molecular flexibility index (Phi) is 5.78. The first-order valence-corrected chi connectivity index (χ1v) is 9.65. The molecule has 1 aromatic carbocycles. The van der Waals surface area contributed by atoms with Gasteiger partial charge in [-0.1, -0.05) is 6.07 Å². The number of fused-ring (bicyclic) bond motifs is 1. The number of imidazole rings is 1. The number of anilines is 2. The van der Waals surface area contributed by atoms with Crippen molar-refractivity contribution in [3.8, 4) is 11.5 Å². The van der Waals surface area contributed by atoms with Crippen LogP contribution in [0.2, 0.25) is 0 Å². The van der Waals surface area contributed by atoms with Gasteiger partial charge in [0.05, 0.1) is 20.0 Å². The average Bonchev–Trinajstić information content (AvgIpc) is 3.29. The fourth-order valence-corrected chi connectivity index (χ4v) is 3.52. The van der Waals surface area contributed by atoms with E-state index in [0.717, 1.165) is 5.56 Å². The number of nitrogens with two attached hydrogens (primary N) is 1. The number of aromatic hydroxyl groups is 1. The fraction of sp³-hybridized carbons (Fsp3) is 0.421. The number of hydrogen-bond acceptors (Lipinski definition) is 11. The number of phenolic OH excluding ortho intramolecular Hbond substituents is 1. The van der Waals surface area contributed by atoms with Crippen LogP contribution in [0.3, 0.4) is 0 Å². The van der Waals surface area contributed by atoms with E-state index in [9.17, 15) is 20.4 Å². The van der Waals surface area contributed by atoms with E-state index in [2.05, 4.69) is 20.3 Å². The number of aliphatic hydroxyl groups is 3. The lowest BCUT2D eigenvalue weighted by Crippen LogP contribution is -2.33. The molecule has 3 aromatic rings. The van der Waals surface area contributed by atoms with Gasteiger partial charge in [0.25, 0.3) is 0 Å². The van der Waals surface area contributed by atoms with Gasteiger partial charge >= 0.3 is 0 Å². The number of ether oxygens (including phenoxy) is 2. The van der Waals surface area contributed by atoms with Crippen LogP contribution >= 0.6 is 0 Å². The zero-order chi connectivity index (χ0) is 22.1. The Hall–Kier alpha value is -3.19. The fourth-order valence-electron chi connectivity index (χ4n) is 3.52. The molecule has 0 unspecified atom stereocenters. The molecule has 12 heteroatoms. The van der Waals surface area contributed by atoms with Gasteiger partial charge in [-0.3, -0.25) is 4.57 Å². The second-order valence-electron chi connectivity index (χ2n) is 7.17. The highest BCUT2D eigenvalue weighted by atomic mass is 16.6. The number of aromatic nitrogens is 4. The lowest BCUT2D eigenvalue weighted by atomic mass is 10.1. The van der Waals surface area contributed by atoms with Crippen molar-refractivity contribution in [2.24, 2.45) is 0 Å². The highest BCUT2D eigenvalue weighted by Crippen LogP contribution is 2.32. The van der Waals surface area contributed by atoms with Gasteiger partial charge in [0.1, 0.15) is 23.8 Å². The van der Waals surface area contributed by atoms with Crippen LogP contribution < -0.4 is 15.8 Å². The summed E-state index contributed by atoms with van der Waals surface area (Å²) < 4.78 is 12.0. The summed E-state index contributed by atoms with van der Waals surface area (Å²) in [5.41, 5.74) is 7.53. The van der Waals surface area contributed by atoms with Crippen molar-refractivity contribution >= 4 is 22.9 Å². The van der Waals surface area contributed by atoms with Gasteiger partial charge in [-0.15, -0.1) is 0 Å². The van der Waals surface area contributed by atoms with Crippen LogP contribution in [0, 0.1) is 0 Å². The van der Waals surface area contributed by atoms with Crippen molar-refractivity contribution in [3.63, 3.8) is 0 Å². The van der Waals surface area contributed by atoms with Crippen LogP contribution in [-0.2, 0) is 11.2 Å². The Bertz CT molecular complexity index is 1080. The van der Waals surface area contributed by atoms with Crippen molar-refractivity contribution in [2.75, 3.05) is 31.3 Å². The molecule has 4 rings (SSSR count). The lowest BCUT2D eigenvalue weighted by Gasteiger charge is -2.17. The highest BCUT2D eigenvalue weighted by Gasteiger charge is 2.44. The summed E-state index contributed by atoms with van der Waals surface area (Å²) >= 11 is 0. The topological polar surface area (TPSA) is 181 Å². The number of phenols is 1. The second-order valence-corrected chi connectivity index (χ2v) is 7.17. The Morgan fingerprint density at radius 2 is 2.06 bits per heavy atom. The molecule has 1 saturated heterocycles. The van der Waals surface area contributed by atoms with E-state index < -0.39 is 31.1 Å². The minimum absolute atomic E-state index is 0.0595. The highest BCUT2D eigenvalue weighted by molar-refractivity contribution is 5.83. The minimum atomic E-state index is -1.27. The molecule has 1 aliphatic rings. The van der Waals surface area contributed by atoms with E-state index in [1.807, 2.05) is 6.07 Å². The summed E-state index contributed by atoms with van der Waals surface area (Å²) in [6.07, 6.45) is -2.46. The number of nitrogens with one attached hydrogen (secondary N) is 1. The van der Waals surface area contributed by atoms with Crippen LogP contribution in [0.5, 0.6) is 11.5 Å². The molecule has 0 aliphatic carbocycles. The molecule has 0 amide bonds. The van der Waals surface area contributed by atoms with Crippen LogP contribution in [0.25, 0.3) is 11.2 Å². The van der Waals surface area contributed by atoms with Crippen molar-refractivity contribution in [2.45, 2.75) is 31.0 Å². The van der Waals surface area contributed by atoms with Gasteiger partial charge in [0.2, 0.25) is 5.95 Å². The standard InChI is InChI=1S/C19H24N6O6/c1-30-11-3-2-9(6-10(11)27)4-5-21-19-23-16(20)13-17(24-19)25(8-22-13)18-15(29)14(28)12(7-26)31-18/h2-3,6,8,12,14-15,18,26-29H,4-5,7H2,1H3,(H3,20,21,23,24)/t12-,14-,15-,18-/m1/s1. The maximum atomic E-state index is 10.3. The molecule has 2 aromatic heterocycles. The van der Waals surface area contributed by atoms with Crippen LogP contribution in [0.15, 0.2) is 24.5 Å². The molecule has 1 aliphatic heterocycles. The van der Waals surface area contributed by atoms with E-state index in [0.29, 0.717) is 29.9 Å². The summed E-state index contributed by atoms with van der Waals surface area (Å²) in [5.74, 6) is 0.844. The summed E-state index contributed by atoms with van der Waals surface area (Å²) in [7, 11) is 1.49. The summed E-state index contributed by atoms with van der Waals surface area (Å²) in [6.45, 7) is 0.0188.